The number of hydrogen-bond donors (Lipinski definition) is 2. The minimum atomic E-state index is -3.54. The van der Waals surface area contributed by atoms with Crippen molar-refractivity contribution in [3.8, 4) is 11.8 Å². The fourth-order valence-electron chi connectivity index (χ4n) is 1.48. The van der Waals surface area contributed by atoms with E-state index in [4.69, 9.17) is 10.5 Å². The number of hydrogen-bond acceptors (Lipinski definition) is 4. The molecule has 0 aliphatic carbocycles. The Morgan fingerprint density at radius 1 is 1.42 bits per heavy atom. The Morgan fingerprint density at radius 2 is 2.16 bits per heavy atom. The maximum atomic E-state index is 12.1. The first-order valence-corrected chi connectivity index (χ1v) is 7.28. The van der Waals surface area contributed by atoms with E-state index in [9.17, 15) is 8.42 Å². The molecule has 1 aromatic carbocycles. The highest BCUT2D eigenvalue weighted by Gasteiger charge is 2.16. The van der Waals surface area contributed by atoms with Gasteiger partial charge >= 0.3 is 0 Å². The fraction of sp³-hybridized carbons (Fsp3) is 0.385. The molecule has 0 saturated heterocycles. The molecular weight excluding hydrogens is 264 g/mol. The Labute approximate surface area is 114 Å². The highest BCUT2D eigenvalue weighted by molar-refractivity contribution is 7.89. The molecule has 0 amide bonds. The largest absolute Gasteiger partial charge is 0.383 e. The Bertz CT molecular complexity index is 586. The van der Waals surface area contributed by atoms with Gasteiger partial charge in [0, 0.05) is 19.2 Å². The van der Waals surface area contributed by atoms with Crippen LogP contribution in [0.4, 0.5) is 0 Å². The molecule has 0 aliphatic heterocycles. The molecule has 0 spiro atoms. The molecule has 104 valence electrons. The first-order valence-electron chi connectivity index (χ1n) is 5.79. The lowest BCUT2D eigenvalue weighted by Gasteiger charge is -2.09. The lowest BCUT2D eigenvalue weighted by molar-refractivity contribution is 0.204. The van der Waals surface area contributed by atoms with Crippen LogP contribution >= 0.6 is 0 Å². The van der Waals surface area contributed by atoms with Gasteiger partial charge in [-0.1, -0.05) is 17.9 Å². The van der Waals surface area contributed by atoms with Gasteiger partial charge in [0.05, 0.1) is 18.0 Å². The van der Waals surface area contributed by atoms with Crippen LogP contribution in [0, 0.1) is 18.8 Å². The summed E-state index contributed by atoms with van der Waals surface area (Å²) in [6.07, 6.45) is 0. The van der Waals surface area contributed by atoms with Crippen LogP contribution in [0.2, 0.25) is 0 Å². The molecule has 1 aromatic rings. The number of rotatable bonds is 5. The zero-order chi connectivity index (χ0) is 14.3. The first-order chi connectivity index (χ1) is 9.01. The Balaban J connectivity index is 3.04. The van der Waals surface area contributed by atoms with E-state index in [-0.39, 0.29) is 18.0 Å². The van der Waals surface area contributed by atoms with Gasteiger partial charge in [-0.05, 0) is 24.6 Å². The average Bonchev–Trinajstić information content (AvgIpc) is 2.37. The molecule has 0 unspecified atom stereocenters. The van der Waals surface area contributed by atoms with Crippen molar-refractivity contribution in [1.29, 1.82) is 0 Å². The van der Waals surface area contributed by atoms with Crippen molar-refractivity contribution in [2.45, 2.75) is 11.8 Å². The minimum absolute atomic E-state index is 0.229. The van der Waals surface area contributed by atoms with Gasteiger partial charge in [-0.2, -0.15) is 0 Å². The van der Waals surface area contributed by atoms with Gasteiger partial charge in [0.2, 0.25) is 10.0 Å². The van der Waals surface area contributed by atoms with Crippen LogP contribution in [0.25, 0.3) is 0 Å². The van der Waals surface area contributed by atoms with Crippen LogP contribution < -0.4 is 10.5 Å². The monoisotopic (exact) mass is 282 g/mol. The van der Waals surface area contributed by atoms with Gasteiger partial charge in [0.1, 0.15) is 0 Å². The third-order valence-corrected chi connectivity index (χ3v) is 4.01. The second kappa shape index (κ2) is 7.26. The van der Waals surface area contributed by atoms with Gasteiger partial charge in [-0.3, -0.25) is 0 Å². The summed E-state index contributed by atoms with van der Waals surface area (Å²) >= 11 is 0. The van der Waals surface area contributed by atoms with Crippen molar-refractivity contribution < 1.29 is 13.2 Å². The lowest BCUT2D eigenvalue weighted by atomic mass is 10.1. The molecule has 0 saturated carbocycles. The van der Waals surface area contributed by atoms with Crippen molar-refractivity contribution in [3.63, 3.8) is 0 Å². The first kappa shape index (κ1) is 15.7. The minimum Gasteiger partial charge on any atom is -0.383 e. The summed E-state index contributed by atoms with van der Waals surface area (Å²) in [6.45, 7) is 2.54. The standard InChI is InChI=1S/C13H18N2O3S/c1-11-5-6-12(4-3-7-14)10-13(11)19(16,17)15-8-9-18-2/h5-6,10,15H,7-9,14H2,1-2H3. The van der Waals surface area contributed by atoms with Crippen LogP contribution in [0.3, 0.4) is 0 Å². The van der Waals surface area contributed by atoms with E-state index < -0.39 is 10.0 Å². The molecule has 0 aliphatic rings. The summed E-state index contributed by atoms with van der Waals surface area (Å²) in [5.74, 6) is 5.52. The van der Waals surface area contributed by atoms with Gasteiger partial charge in [-0.15, -0.1) is 0 Å². The van der Waals surface area contributed by atoms with E-state index in [1.807, 2.05) is 0 Å². The van der Waals surface area contributed by atoms with Crippen molar-refractivity contribution in [1.82, 2.24) is 4.72 Å². The van der Waals surface area contributed by atoms with Crippen LogP contribution in [0.15, 0.2) is 23.1 Å². The van der Waals surface area contributed by atoms with Crippen LogP contribution in [-0.4, -0.2) is 35.2 Å². The second-order valence-corrected chi connectivity index (χ2v) is 5.61. The van der Waals surface area contributed by atoms with Gasteiger partial charge < -0.3 is 10.5 Å². The molecule has 6 heteroatoms. The van der Waals surface area contributed by atoms with Crippen molar-refractivity contribution in [2.24, 2.45) is 5.73 Å². The highest BCUT2D eigenvalue weighted by atomic mass is 32.2. The summed E-state index contributed by atoms with van der Waals surface area (Å²) in [7, 11) is -2.02. The smallest absolute Gasteiger partial charge is 0.240 e. The average molecular weight is 282 g/mol. The molecule has 0 aromatic heterocycles. The molecule has 3 N–H and O–H groups in total. The quantitative estimate of drug-likeness (QED) is 0.598. The SMILES string of the molecule is COCCNS(=O)(=O)c1cc(C#CCN)ccc1C. The number of nitrogens with two attached hydrogens (primary N) is 1. The Morgan fingerprint density at radius 3 is 2.79 bits per heavy atom. The number of benzene rings is 1. The Hall–Kier alpha value is -1.39. The molecular formula is C13H18N2O3S. The van der Waals surface area contributed by atoms with E-state index in [2.05, 4.69) is 16.6 Å². The fourth-order valence-corrected chi connectivity index (χ4v) is 2.76. The maximum Gasteiger partial charge on any atom is 0.240 e. The molecule has 1 rings (SSSR count). The molecule has 5 nitrogen and oxygen atoms in total. The summed E-state index contributed by atoms with van der Waals surface area (Å²) in [6, 6.07) is 5.05. The molecule has 0 atom stereocenters. The molecule has 0 radical (unpaired) electrons. The lowest BCUT2D eigenvalue weighted by Crippen LogP contribution is -2.27. The predicted octanol–water partition coefficient (Wildman–Crippen LogP) is 0.230. The van der Waals surface area contributed by atoms with Crippen molar-refractivity contribution in [2.75, 3.05) is 26.8 Å². The van der Waals surface area contributed by atoms with E-state index >= 15 is 0 Å². The van der Waals surface area contributed by atoms with E-state index in [0.717, 1.165) is 0 Å². The normalized spacial score (nSPS) is 10.9. The highest BCUT2D eigenvalue weighted by Crippen LogP contribution is 2.16. The number of methoxy groups -OCH3 is 1. The predicted molar refractivity (Wildman–Crippen MR) is 74.2 cm³/mol. The van der Waals surface area contributed by atoms with Crippen molar-refractivity contribution >= 4 is 10.0 Å². The molecule has 0 heterocycles. The van der Waals surface area contributed by atoms with Crippen LogP contribution in [-0.2, 0) is 14.8 Å². The molecule has 0 fully saturated rings. The summed E-state index contributed by atoms with van der Waals surface area (Å²) in [5.41, 5.74) is 6.59. The van der Waals surface area contributed by atoms with E-state index in [0.29, 0.717) is 17.7 Å². The molecule has 0 bridgehead atoms. The summed E-state index contributed by atoms with van der Waals surface area (Å²) < 4.78 is 31.5. The topological polar surface area (TPSA) is 81.4 Å². The number of nitrogens with one attached hydrogen (secondary N) is 1. The zero-order valence-electron chi connectivity index (χ0n) is 11.1. The Kier molecular flexibility index (Phi) is 5.99. The number of aryl methyl sites for hydroxylation is 1. The second-order valence-electron chi connectivity index (χ2n) is 3.88. The van der Waals surface area contributed by atoms with Gasteiger partial charge in [-0.25, -0.2) is 13.1 Å². The van der Waals surface area contributed by atoms with Gasteiger partial charge in [0.15, 0.2) is 0 Å². The van der Waals surface area contributed by atoms with E-state index in [1.54, 1.807) is 25.1 Å². The summed E-state index contributed by atoms with van der Waals surface area (Å²) in [4.78, 5) is 0.229. The van der Waals surface area contributed by atoms with Crippen molar-refractivity contribution in [3.05, 3.63) is 29.3 Å². The zero-order valence-corrected chi connectivity index (χ0v) is 11.9. The third-order valence-electron chi connectivity index (χ3n) is 2.41. The third kappa shape index (κ3) is 4.65. The van der Waals surface area contributed by atoms with Gasteiger partial charge in [0.25, 0.3) is 0 Å². The van der Waals surface area contributed by atoms with Crippen LogP contribution in [0.1, 0.15) is 11.1 Å². The van der Waals surface area contributed by atoms with E-state index in [1.165, 1.54) is 7.11 Å². The number of ether oxygens (including phenoxy) is 1. The molecule has 19 heavy (non-hydrogen) atoms. The summed E-state index contributed by atoms with van der Waals surface area (Å²) in [5, 5.41) is 0. The van der Waals surface area contributed by atoms with Crippen LogP contribution in [0.5, 0.6) is 0 Å². The number of sulfonamides is 1. The maximum absolute atomic E-state index is 12.1.